The molecule has 0 amide bonds. The summed E-state index contributed by atoms with van der Waals surface area (Å²) in [5, 5.41) is 0. The fraction of sp³-hybridized carbons (Fsp3) is 0.600. The van der Waals surface area contributed by atoms with Gasteiger partial charge in [0.2, 0.25) is 0 Å². The van der Waals surface area contributed by atoms with Crippen LogP contribution in [0.4, 0.5) is 5.69 Å². The van der Waals surface area contributed by atoms with Crippen LogP contribution in [0.1, 0.15) is 38.3 Å². The van der Waals surface area contributed by atoms with E-state index in [4.69, 9.17) is 10.5 Å². The molecule has 1 heterocycles. The molecule has 0 spiro atoms. The summed E-state index contributed by atoms with van der Waals surface area (Å²) in [4.78, 5) is 2.41. The standard InChI is InChI=1S/C15H24N2O/c1-12(2)18-11-10-17-9-5-7-14(16)13-6-3-4-8-15(13)17/h3-4,6,8,12,14H,5,7,9-11,16H2,1-2H3. The second-order valence-electron chi connectivity index (χ2n) is 5.21. The predicted octanol–water partition coefficient (Wildman–Crippen LogP) is 2.71. The molecule has 1 unspecified atom stereocenters. The lowest BCUT2D eigenvalue weighted by Crippen LogP contribution is -2.29. The molecule has 2 N–H and O–H groups in total. The molecule has 0 aliphatic carbocycles. The van der Waals surface area contributed by atoms with Crippen molar-refractivity contribution in [2.45, 2.75) is 38.8 Å². The molecule has 0 bridgehead atoms. The van der Waals surface area contributed by atoms with Gasteiger partial charge >= 0.3 is 0 Å². The van der Waals surface area contributed by atoms with Crippen LogP contribution in [0.2, 0.25) is 0 Å². The molecule has 100 valence electrons. The van der Waals surface area contributed by atoms with Gasteiger partial charge in [0, 0.05) is 24.8 Å². The Hall–Kier alpha value is -1.06. The number of hydrogen-bond acceptors (Lipinski definition) is 3. The van der Waals surface area contributed by atoms with Gasteiger partial charge in [-0.15, -0.1) is 0 Å². The molecule has 2 rings (SSSR count). The number of benzene rings is 1. The molecule has 1 aliphatic heterocycles. The van der Waals surface area contributed by atoms with Crippen LogP contribution in [0.5, 0.6) is 0 Å². The van der Waals surface area contributed by atoms with Crippen molar-refractivity contribution in [1.29, 1.82) is 0 Å². The quantitative estimate of drug-likeness (QED) is 0.890. The Morgan fingerprint density at radius 3 is 2.94 bits per heavy atom. The van der Waals surface area contributed by atoms with Gasteiger partial charge in [0.05, 0.1) is 12.7 Å². The summed E-state index contributed by atoms with van der Waals surface area (Å²) in [5.74, 6) is 0. The van der Waals surface area contributed by atoms with Crippen LogP contribution >= 0.6 is 0 Å². The largest absolute Gasteiger partial charge is 0.377 e. The Kier molecular flexibility index (Phi) is 4.61. The molecule has 1 aromatic rings. The van der Waals surface area contributed by atoms with E-state index >= 15 is 0 Å². The maximum absolute atomic E-state index is 6.23. The number of fused-ring (bicyclic) bond motifs is 1. The van der Waals surface area contributed by atoms with E-state index in [-0.39, 0.29) is 6.04 Å². The fourth-order valence-electron chi connectivity index (χ4n) is 2.50. The van der Waals surface area contributed by atoms with E-state index < -0.39 is 0 Å². The highest BCUT2D eigenvalue weighted by Crippen LogP contribution is 2.30. The topological polar surface area (TPSA) is 38.5 Å². The fourth-order valence-corrected chi connectivity index (χ4v) is 2.50. The molecule has 0 radical (unpaired) electrons. The second kappa shape index (κ2) is 6.21. The molecule has 1 atom stereocenters. The number of hydrogen-bond donors (Lipinski definition) is 1. The zero-order valence-electron chi connectivity index (χ0n) is 11.4. The first-order chi connectivity index (χ1) is 8.68. The van der Waals surface area contributed by atoms with Crippen LogP contribution < -0.4 is 10.6 Å². The summed E-state index contributed by atoms with van der Waals surface area (Å²) in [6.07, 6.45) is 2.52. The number of nitrogens with two attached hydrogens (primary N) is 1. The van der Waals surface area contributed by atoms with E-state index in [1.54, 1.807) is 0 Å². The van der Waals surface area contributed by atoms with E-state index in [1.165, 1.54) is 11.3 Å². The van der Waals surface area contributed by atoms with Crippen LogP contribution in [0.15, 0.2) is 24.3 Å². The summed E-state index contributed by atoms with van der Waals surface area (Å²) in [7, 11) is 0. The zero-order chi connectivity index (χ0) is 13.0. The third-order valence-electron chi connectivity index (χ3n) is 3.43. The van der Waals surface area contributed by atoms with Crippen LogP contribution in [0.3, 0.4) is 0 Å². The molecule has 0 saturated heterocycles. The highest BCUT2D eigenvalue weighted by molar-refractivity contribution is 5.55. The first kappa shape index (κ1) is 13.4. The Morgan fingerprint density at radius 2 is 2.17 bits per heavy atom. The number of nitrogens with zero attached hydrogens (tertiary/aromatic N) is 1. The number of ether oxygens (including phenoxy) is 1. The normalized spacial score (nSPS) is 19.8. The first-order valence-electron chi connectivity index (χ1n) is 6.89. The van der Waals surface area contributed by atoms with Crippen molar-refractivity contribution in [3.8, 4) is 0 Å². The van der Waals surface area contributed by atoms with Crippen LogP contribution in [-0.2, 0) is 4.74 Å². The Bertz CT molecular complexity index is 379. The lowest BCUT2D eigenvalue weighted by molar-refractivity contribution is 0.0840. The summed E-state index contributed by atoms with van der Waals surface area (Å²) in [6.45, 7) is 6.95. The van der Waals surface area contributed by atoms with Crippen molar-refractivity contribution in [2.24, 2.45) is 5.73 Å². The third-order valence-corrected chi connectivity index (χ3v) is 3.43. The van der Waals surface area contributed by atoms with Crippen LogP contribution in [0, 0.1) is 0 Å². The smallest absolute Gasteiger partial charge is 0.0645 e. The van der Waals surface area contributed by atoms with Gasteiger partial charge in [0.25, 0.3) is 0 Å². The van der Waals surface area contributed by atoms with Crippen molar-refractivity contribution >= 4 is 5.69 Å². The summed E-state index contributed by atoms with van der Waals surface area (Å²) in [5.41, 5.74) is 8.79. The van der Waals surface area contributed by atoms with Gasteiger partial charge in [0.1, 0.15) is 0 Å². The van der Waals surface area contributed by atoms with Gasteiger partial charge in [-0.25, -0.2) is 0 Å². The van der Waals surface area contributed by atoms with E-state index in [1.807, 2.05) is 0 Å². The van der Waals surface area contributed by atoms with Crippen molar-refractivity contribution in [1.82, 2.24) is 0 Å². The molecule has 0 aromatic heterocycles. The van der Waals surface area contributed by atoms with E-state index in [9.17, 15) is 0 Å². The van der Waals surface area contributed by atoms with Crippen molar-refractivity contribution in [3.05, 3.63) is 29.8 Å². The summed E-state index contributed by atoms with van der Waals surface area (Å²) in [6, 6.07) is 8.68. The van der Waals surface area contributed by atoms with Crippen molar-refractivity contribution < 1.29 is 4.74 Å². The maximum atomic E-state index is 6.23. The van der Waals surface area contributed by atoms with Gasteiger partial charge in [-0.2, -0.15) is 0 Å². The number of anilines is 1. The van der Waals surface area contributed by atoms with Gasteiger partial charge in [0.15, 0.2) is 0 Å². The lowest BCUT2D eigenvalue weighted by Gasteiger charge is -2.25. The molecule has 0 saturated carbocycles. The molecule has 18 heavy (non-hydrogen) atoms. The Balaban J connectivity index is 2.08. The highest BCUT2D eigenvalue weighted by Gasteiger charge is 2.19. The molecule has 1 aliphatic rings. The van der Waals surface area contributed by atoms with Gasteiger partial charge in [-0.1, -0.05) is 18.2 Å². The maximum Gasteiger partial charge on any atom is 0.0645 e. The van der Waals surface area contributed by atoms with E-state index in [2.05, 4.69) is 43.0 Å². The minimum atomic E-state index is 0.178. The molecule has 1 aromatic carbocycles. The van der Waals surface area contributed by atoms with E-state index in [0.717, 1.165) is 32.5 Å². The predicted molar refractivity (Wildman–Crippen MR) is 75.9 cm³/mol. The molecule has 3 heteroatoms. The second-order valence-corrected chi connectivity index (χ2v) is 5.21. The average Bonchev–Trinajstić information content (AvgIpc) is 2.50. The average molecular weight is 248 g/mol. The van der Waals surface area contributed by atoms with Crippen molar-refractivity contribution in [3.63, 3.8) is 0 Å². The Morgan fingerprint density at radius 1 is 1.39 bits per heavy atom. The van der Waals surface area contributed by atoms with Crippen LogP contribution in [-0.4, -0.2) is 25.8 Å². The molecule has 3 nitrogen and oxygen atoms in total. The first-order valence-corrected chi connectivity index (χ1v) is 6.89. The van der Waals surface area contributed by atoms with Gasteiger partial charge in [-0.3, -0.25) is 0 Å². The summed E-state index contributed by atoms with van der Waals surface area (Å²) >= 11 is 0. The van der Waals surface area contributed by atoms with Gasteiger partial charge in [-0.05, 0) is 38.3 Å². The zero-order valence-corrected chi connectivity index (χ0v) is 11.4. The minimum absolute atomic E-state index is 0.178. The van der Waals surface area contributed by atoms with Crippen molar-refractivity contribution in [2.75, 3.05) is 24.6 Å². The summed E-state index contributed by atoms with van der Waals surface area (Å²) < 4.78 is 5.65. The highest BCUT2D eigenvalue weighted by atomic mass is 16.5. The molecular weight excluding hydrogens is 224 g/mol. The number of rotatable bonds is 4. The number of para-hydroxylation sites is 1. The SMILES string of the molecule is CC(C)OCCN1CCCC(N)c2ccccc21. The lowest BCUT2D eigenvalue weighted by atomic mass is 10.0. The molecule has 0 fully saturated rings. The van der Waals surface area contributed by atoms with Crippen LogP contribution in [0.25, 0.3) is 0 Å². The monoisotopic (exact) mass is 248 g/mol. The Labute approximate surface area is 110 Å². The van der Waals surface area contributed by atoms with Gasteiger partial charge < -0.3 is 15.4 Å². The third kappa shape index (κ3) is 3.24. The van der Waals surface area contributed by atoms with E-state index in [0.29, 0.717) is 6.10 Å². The molecular formula is C15H24N2O. The minimum Gasteiger partial charge on any atom is -0.377 e.